The first-order valence-electron chi connectivity index (χ1n) is 12.1. The van der Waals surface area contributed by atoms with Crippen LogP contribution in [-0.2, 0) is 19.1 Å². The summed E-state index contributed by atoms with van der Waals surface area (Å²) in [4.78, 5) is 37.1. The first kappa shape index (κ1) is 24.7. The van der Waals surface area contributed by atoms with Gasteiger partial charge in [0.05, 0.1) is 6.04 Å². The van der Waals surface area contributed by atoms with Crippen LogP contribution in [0.25, 0.3) is 11.1 Å². The zero-order valence-corrected chi connectivity index (χ0v) is 20.0. The van der Waals surface area contributed by atoms with E-state index in [9.17, 15) is 19.5 Å². The van der Waals surface area contributed by atoms with Gasteiger partial charge in [0.2, 0.25) is 5.91 Å². The zero-order valence-electron chi connectivity index (χ0n) is 20.0. The molecular formula is C27H32N2O6. The average molecular weight is 481 g/mol. The maximum Gasteiger partial charge on any atom is 0.407 e. The highest BCUT2D eigenvalue weighted by molar-refractivity contribution is 5.87. The van der Waals surface area contributed by atoms with Gasteiger partial charge in [-0.05, 0) is 47.4 Å². The second-order valence-corrected chi connectivity index (χ2v) is 9.53. The minimum Gasteiger partial charge on any atom is -0.479 e. The fraction of sp³-hybridized carbons (Fsp3) is 0.444. The summed E-state index contributed by atoms with van der Waals surface area (Å²) in [5, 5.41) is 14.8. The maximum atomic E-state index is 13.0. The van der Waals surface area contributed by atoms with E-state index in [0.29, 0.717) is 25.2 Å². The molecular weight excluding hydrogens is 448 g/mol. The highest BCUT2D eigenvalue weighted by Crippen LogP contribution is 2.44. The molecule has 0 aromatic heterocycles. The molecule has 0 saturated carbocycles. The summed E-state index contributed by atoms with van der Waals surface area (Å²) in [6.07, 6.45) is -0.221. The van der Waals surface area contributed by atoms with Crippen LogP contribution >= 0.6 is 0 Å². The fourth-order valence-electron chi connectivity index (χ4n) is 4.82. The molecule has 2 aromatic rings. The Kier molecular flexibility index (Phi) is 7.70. The predicted octanol–water partition coefficient (Wildman–Crippen LogP) is 3.69. The Morgan fingerprint density at radius 3 is 2.26 bits per heavy atom. The lowest BCUT2D eigenvalue weighted by molar-refractivity contribution is -0.148. The van der Waals surface area contributed by atoms with Crippen LogP contribution in [0.2, 0.25) is 0 Å². The molecule has 1 aliphatic heterocycles. The van der Waals surface area contributed by atoms with Crippen LogP contribution in [0, 0.1) is 5.92 Å². The van der Waals surface area contributed by atoms with Gasteiger partial charge < -0.3 is 25.2 Å². The monoisotopic (exact) mass is 480 g/mol. The molecule has 35 heavy (non-hydrogen) atoms. The van der Waals surface area contributed by atoms with Gasteiger partial charge in [0.15, 0.2) is 6.10 Å². The summed E-state index contributed by atoms with van der Waals surface area (Å²) in [5.74, 6) is -1.30. The summed E-state index contributed by atoms with van der Waals surface area (Å²) < 4.78 is 10.8. The van der Waals surface area contributed by atoms with Crippen LogP contribution in [0.1, 0.15) is 50.2 Å². The number of hydrogen-bond donors (Lipinski definition) is 3. The number of nitrogens with one attached hydrogen (secondary N) is 2. The molecule has 8 nitrogen and oxygen atoms in total. The lowest BCUT2D eigenvalue weighted by atomic mass is 9.98. The van der Waals surface area contributed by atoms with E-state index in [0.717, 1.165) is 22.3 Å². The number of alkyl carbamates (subject to hydrolysis) is 1. The first-order chi connectivity index (χ1) is 16.8. The standard InChI is InChI=1S/C27H32N2O6/c1-16(2)11-12-23(25(30)28-22-13-14-34-24(22)26(31)32)29-27(33)35-15-21-19-9-5-3-7-17(19)18-8-4-6-10-20(18)21/h3-10,16,21-24H,11-15H2,1-2H3,(H,28,30)(H,29,33)(H,31,32)/t22-,23?,24+/m0/s1. The van der Waals surface area contributed by atoms with Crippen molar-refractivity contribution in [2.24, 2.45) is 5.92 Å². The minimum atomic E-state index is -1.11. The van der Waals surface area contributed by atoms with Crippen LogP contribution in [0.15, 0.2) is 48.5 Å². The van der Waals surface area contributed by atoms with Crippen LogP contribution in [0.3, 0.4) is 0 Å². The lowest BCUT2D eigenvalue weighted by Crippen LogP contribution is -2.52. The number of rotatable bonds is 9. The van der Waals surface area contributed by atoms with Gasteiger partial charge in [0.25, 0.3) is 0 Å². The number of hydrogen-bond acceptors (Lipinski definition) is 5. The molecule has 0 radical (unpaired) electrons. The van der Waals surface area contributed by atoms with Crippen molar-refractivity contribution in [3.63, 3.8) is 0 Å². The van der Waals surface area contributed by atoms with Gasteiger partial charge in [0, 0.05) is 12.5 Å². The first-order valence-corrected chi connectivity index (χ1v) is 12.1. The Morgan fingerprint density at radius 2 is 1.66 bits per heavy atom. The van der Waals surface area contributed by atoms with Crippen molar-refractivity contribution in [3.8, 4) is 11.1 Å². The molecule has 2 aromatic carbocycles. The van der Waals surface area contributed by atoms with Gasteiger partial charge in [-0.1, -0.05) is 62.4 Å². The fourth-order valence-corrected chi connectivity index (χ4v) is 4.82. The molecule has 186 valence electrons. The zero-order chi connectivity index (χ0) is 24.9. The minimum absolute atomic E-state index is 0.0805. The van der Waals surface area contributed by atoms with Gasteiger partial charge >= 0.3 is 12.1 Å². The van der Waals surface area contributed by atoms with E-state index in [1.165, 1.54) is 0 Å². The Hall–Kier alpha value is -3.39. The summed E-state index contributed by atoms with van der Waals surface area (Å²) in [6.45, 7) is 4.48. The summed E-state index contributed by atoms with van der Waals surface area (Å²) in [6, 6.07) is 14.7. The van der Waals surface area contributed by atoms with E-state index in [4.69, 9.17) is 9.47 Å². The maximum absolute atomic E-state index is 13.0. The van der Waals surface area contributed by atoms with Crippen molar-refractivity contribution in [1.29, 1.82) is 0 Å². The van der Waals surface area contributed by atoms with Crippen molar-refractivity contribution in [1.82, 2.24) is 10.6 Å². The molecule has 1 fully saturated rings. The van der Waals surface area contributed by atoms with Gasteiger partial charge in [-0.3, -0.25) is 4.79 Å². The Bertz CT molecular complexity index is 1040. The smallest absolute Gasteiger partial charge is 0.407 e. The molecule has 1 heterocycles. The molecule has 2 aliphatic rings. The SMILES string of the molecule is CC(C)CCC(NC(=O)OCC1c2ccccc2-c2ccccc21)C(=O)N[C@H]1CCO[C@H]1C(=O)O. The van der Waals surface area contributed by atoms with E-state index in [2.05, 4.69) is 22.8 Å². The van der Waals surface area contributed by atoms with E-state index in [1.54, 1.807) is 0 Å². The second-order valence-electron chi connectivity index (χ2n) is 9.53. The number of carboxylic acid groups (broad SMARTS) is 1. The molecule has 0 spiro atoms. The molecule has 3 atom stereocenters. The predicted molar refractivity (Wildman–Crippen MR) is 130 cm³/mol. The van der Waals surface area contributed by atoms with E-state index in [1.807, 2.05) is 50.2 Å². The van der Waals surface area contributed by atoms with Crippen molar-refractivity contribution in [3.05, 3.63) is 59.7 Å². The van der Waals surface area contributed by atoms with Gasteiger partial charge in [-0.15, -0.1) is 0 Å². The number of carboxylic acids is 1. The van der Waals surface area contributed by atoms with E-state index >= 15 is 0 Å². The average Bonchev–Trinajstić information content (AvgIpc) is 3.43. The van der Waals surface area contributed by atoms with Gasteiger partial charge in [-0.25, -0.2) is 9.59 Å². The van der Waals surface area contributed by atoms with Crippen molar-refractivity contribution < 1.29 is 29.0 Å². The Morgan fingerprint density at radius 1 is 1.03 bits per heavy atom. The number of ether oxygens (including phenoxy) is 2. The van der Waals surface area contributed by atoms with E-state index in [-0.39, 0.29) is 19.1 Å². The van der Waals surface area contributed by atoms with Gasteiger partial charge in [-0.2, -0.15) is 0 Å². The third-order valence-electron chi connectivity index (χ3n) is 6.65. The van der Waals surface area contributed by atoms with Crippen LogP contribution in [-0.4, -0.2) is 54.5 Å². The molecule has 1 saturated heterocycles. The molecule has 1 aliphatic carbocycles. The Labute approximate surface area is 205 Å². The number of amides is 2. The van der Waals surface area contributed by atoms with Crippen molar-refractivity contribution >= 4 is 18.0 Å². The molecule has 4 rings (SSSR count). The molecule has 0 bridgehead atoms. The quantitative estimate of drug-likeness (QED) is 0.504. The third-order valence-corrected chi connectivity index (χ3v) is 6.65. The van der Waals surface area contributed by atoms with E-state index < -0.39 is 36.2 Å². The topological polar surface area (TPSA) is 114 Å². The molecule has 2 amide bonds. The highest BCUT2D eigenvalue weighted by Gasteiger charge is 2.37. The molecule has 8 heteroatoms. The van der Waals surface area contributed by atoms with Crippen LogP contribution in [0.4, 0.5) is 4.79 Å². The normalized spacial score (nSPS) is 19.6. The number of carbonyl (C=O) groups excluding carboxylic acids is 2. The Balaban J connectivity index is 1.40. The van der Waals surface area contributed by atoms with Crippen molar-refractivity contribution in [2.75, 3.05) is 13.2 Å². The molecule has 1 unspecified atom stereocenters. The number of carbonyl (C=O) groups is 3. The van der Waals surface area contributed by atoms with Gasteiger partial charge in [0.1, 0.15) is 12.6 Å². The summed E-state index contributed by atoms with van der Waals surface area (Å²) in [5.41, 5.74) is 4.49. The summed E-state index contributed by atoms with van der Waals surface area (Å²) in [7, 11) is 0. The molecule has 3 N–H and O–H groups in total. The van der Waals surface area contributed by atoms with Crippen LogP contribution in [0.5, 0.6) is 0 Å². The van der Waals surface area contributed by atoms with Crippen LogP contribution < -0.4 is 10.6 Å². The number of fused-ring (bicyclic) bond motifs is 3. The second kappa shape index (κ2) is 10.9. The van der Waals surface area contributed by atoms with Crippen molar-refractivity contribution in [2.45, 2.75) is 57.2 Å². The number of benzene rings is 2. The largest absolute Gasteiger partial charge is 0.479 e. The summed E-state index contributed by atoms with van der Waals surface area (Å²) >= 11 is 0. The number of aliphatic carboxylic acids is 1. The lowest BCUT2D eigenvalue weighted by Gasteiger charge is -2.23. The third kappa shape index (κ3) is 5.65. The highest BCUT2D eigenvalue weighted by atomic mass is 16.5.